The van der Waals surface area contributed by atoms with Crippen LogP contribution in [0.2, 0.25) is 5.02 Å². The molecule has 0 bridgehead atoms. The zero-order chi connectivity index (χ0) is 20.4. The van der Waals surface area contributed by atoms with E-state index >= 15 is 0 Å². The van der Waals surface area contributed by atoms with Crippen LogP contribution in [0.1, 0.15) is 11.1 Å². The van der Waals surface area contributed by atoms with Crippen molar-refractivity contribution < 1.29 is 4.79 Å². The smallest absolute Gasteiger partial charge is 0.273 e. The molecule has 5 nitrogen and oxygen atoms in total. The lowest BCUT2D eigenvalue weighted by molar-refractivity contribution is -0.116. The van der Waals surface area contributed by atoms with E-state index in [4.69, 9.17) is 11.6 Å². The molecule has 0 saturated carbocycles. The van der Waals surface area contributed by atoms with Crippen LogP contribution >= 0.6 is 11.6 Å². The Hall–Kier alpha value is -3.44. The Labute approximate surface area is 172 Å². The molecule has 0 fully saturated rings. The second kappa shape index (κ2) is 7.89. The highest BCUT2D eigenvalue weighted by Gasteiger charge is 2.14. The summed E-state index contributed by atoms with van der Waals surface area (Å²) in [6, 6.07) is 22.1. The van der Waals surface area contributed by atoms with Crippen molar-refractivity contribution in [3.63, 3.8) is 0 Å². The molecule has 4 aromatic rings. The summed E-state index contributed by atoms with van der Waals surface area (Å²) in [6.45, 7) is 1.97. The summed E-state index contributed by atoms with van der Waals surface area (Å²) < 4.78 is 0. The van der Waals surface area contributed by atoms with Crippen molar-refractivity contribution >= 4 is 28.3 Å². The summed E-state index contributed by atoms with van der Waals surface area (Å²) in [5.41, 5.74) is 5.57. The number of amides is 1. The van der Waals surface area contributed by atoms with Crippen LogP contribution in [0.4, 0.5) is 0 Å². The van der Waals surface area contributed by atoms with E-state index in [1.807, 2.05) is 55.5 Å². The Balaban J connectivity index is 1.74. The lowest BCUT2D eigenvalue weighted by atomic mass is 10.1. The summed E-state index contributed by atoms with van der Waals surface area (Å²) in [4.78, 5) is 26.4. The van der Waals surface area contributed by atoms with E-state index in [1.165, 1.54) is 0 Å². The highest BCUT2D eigenvalue weighted by Crippen LogP contribution is 2.25. The molecule has 29 heavy (non-hydrogen) atoms. The molecule has 0 aliphatic heterocycles. The molecule has 0 saturated heterocycles. The molecule has 3 aromatic carbocycles. The van der Waals surface area contributed by atoms with Crippen molar-refractivity contribution in [2.45, 2.75) is 13.3 Å². The first kappa shape index (κ1) is 18.9. The molecule has 0 radical (unpaired) electrons. The van der Waals surface area contributed by atoms with Crippen molar-refractivity contribution in [2.24, 2.45) is 0 Å². The quantitative estimate of drug-likeness (QED) is 0.551. The van der Waals surface area contributed by atoms with Crippen molar-refractivity contribution in [1.82, 2.24) is 9.89 Å². The maximum Gasteiger partial charge on any atom is 0.294 e. The largest absolute Gasteiger partial charge is 0.294 e. The van der Waals surface area contributed by atoms with Crippen LogP contribution in [0.3, 0.4) is 0 Å². The number of rotatable bonds is 4. The van der Waals surface area contributed by atoms with Crippen LogP contribution in [0.15, 0.2) is 77.6 Å². The van der Waals surface area contributed by atoms with Gasteiger partial charge in [-0.1, -0.05) is 71.8 Å². The average molecular weight is 404 g/mol. The second-order valence-electron chi connectivity index (χ2n) is 6.82. The fourth-order valence-electron chi connectivity index (χ4n) is 3.25. The molecular formula is C23H18ClN3O2. The Bertz CT molecular complexity index is 1260. The van der Waals surface area contributed by atoms with Crippen LogP contribution in [-0.2, 0) is 11.2 Å². The fraction of sp³-hybridized carbons (Fsp3) is 0.0870. The Morgan fingerprint density at radius 2 is 1.72 bits per heavy atom. The highest BCUT2D eigenvalue weighted by molar-refractivity contribution is 6.30. The lowest BCUT2D eigenvalue weighted by Gasteiger charge is -2.12. The van der Waals surface area contributed by atoms with Crippen molar-refractivity contribution in [2.75, 3.05) is 5.43 Å². The maximum atomic E-state index is 12.9. The number of aryl methyl sites for hydroxylation is 1. The summed E-state index contributed by atoms with van der Waals surface area (Å²) in [6.07, 6.45) is 0.152. The number of fused-ring (bicyclic) bond motifs is 1. The lowest BCUT2D eigenvalue weighted by Crippen LogP contribution is -2.36. The Kier molecular flexibility index (Phi) is 5.14. The molecule has 144 valence electrons. The van der Waals surface area contributed by atoms with E-state index in [0.29, 0.717) is 21.5 Å². The van der Waals surface area contributed by atoms with Gasteiger partial charge in [0.2, 0.25) is 5.91 Å². The third kappa shape index (κ3) is 4.05. The zero-order valence-electron chi connectivity index (χ0n) is 15.7. The fourth-order valence-corrected chi connectivity index (χ4v) is 3.38. The minimum atomic E-state index is -0.379. The van der Waals surface area contributed by atoms with Crippen LogP contribution in [0, 0.1) is 6.92 Å². The molecule has 0 atom stereocenters. The van der Waals surface area contributed by atoms with E-state index in [1.54, 1.807) is 24.3 Å². The SMILES string of the molecule is Cc1cccc(CC(=O)Nn2nc(-c3ccc(Cl)cc3)c3ccccc3c2=O)c1. The van der Waals surface area contributed by atoms with E-state index in [-0.39, 0.29) is 17.9 Å². The molecule has 0 aliphatic rings. The summed E-state index contributed by atoms with van der Waals surface area (Å²) in [7, 11) is 0. The molecule has 1 heterocycles. The third-order valence-electron chi connectivity index (χ3n) is 4.60. The molecule has 1 aromatic heterocycles. The average Bonchev–Trinajstić information content (AvgIpc) is 2.71. The number of aromatic nitrogens is 2. The highest BCUT2D eigenvalue weighted by atomic mass is 35.5. The van der Waals surface area contributed by atoms with E-state index in [2.05, 4.69) is 10.5 Å². The topological polar surface area (TPSA) is 64.0 Å². The van der Waals surface area contributed by atoms with Gasteiger partial charge in [-0.25, -0.2) is 5.43 Å². The van der Waals surface area contributed by atoms with Crippen molar-refractivity contribution in [1.29, 1.82) is 0 Å². The van der Waals surface area contributed by atoms with Gasteiger partial charge in [0.1, 0.15) is 5.69 Å². The van der Waals surface area contributed by atoms with Crippen LogP contribution in [0.5, 0.6) is 0 Å². The standard InChI is InChI=1S/C23H18ClN3O2/c1-15-5-4-6-16(13-15)14-21(28)25-27-23(29)20-8-3-2-7-19(20)22(26-27)17-9-11-18(24)12-10-17/h2-13H,14H2,1H3,(H,25,28). The van der Waals surface area contributed by atoms with Crippen molar-refractivity contribution in [3.8, 4) is 11.3 Å². The molecular weight excluding hydrogens is 386 g/mol. The van der Waals surface area contributed by atoms with Gasteiger partial charge in [0, 0.05) is 16.0 Å². The minimum absolute atomic E-state index is 0.152. The van der Waals surface area contributed by atoms with Crippen molar-refractivity contribution in [3.05, 3.63) is 99.3 Å². The molecule has 0 unspecified atom stereocenters. The predicted molar refractivity (Wildman–Crippen MR) is 116 cm³/mol. The number of halogens is 1. The Morgan fingerprint density at radius 1 is 1.00 bits per heavy atom. The van der Waals surface area contributed by atoms with E-state index in [9.17, 15) is 9.59 Å². The van der Waals surface area contributed by atoms with Gasteiger partial charge in [0.15, 0.2) is 0 Å². The predicted octanol–water partition coefficient (Wildman–Crippen LogP) is 4.34. The van der Waals surface area contributed by atoms with Gasteiger partial charge in [0.05, 0.1) is 11.8 Å². The molecule has 1 amide bonds. The van der Waals surface area contributed by atoms with E-state index in [0.717, 1.165) is 21.5 Å². The summed E-state index contributed by atoms with van der Waals surface area (Å²) in [5, 5.41) is 6.23. The number of nitrogens with zero attached hydrogens (tertiary/aromatic N) is 2. The van der Waals surface area contributed by atoms with Gasteiger partial charge >= 0.3 is 0 Å². The number of nitrogens with one attached hydrogen (secondary N) is 1. The molecule has 1 N–H and O–H groups in total. The van der Waals surface area contributed by atoms with Crippen LogP contribution in [0.25, 0.3) is 22.0 Å². The first-order valence-electron chi connectivity index (χ1n) is 9.15. The molecule has 0 spiro atoms. The zero-order valence-corrected chi connectivity index (χ0v) is 16.5. The van der Waals surface area contributed by atoms with E-state index < -0.39 is 0 Å². The third-order valence-corrected chi connectivity index (χ3v) is 4.85. The maximum absolute atomic E-state index is 12.9. The molecule has 4 rings (SSSR count). The van der Waals surface area contributed by atoms with Gasteiger partial charge in [-0.05, 0) is 30.7 Å². The summed E-state index contributed by atoms with van der Waals surface area (Å²) >= 11 is 6.00. The molecule has 6 heteroatoms. The Morgan fingerprint density at radius 3 is 2.45 bits per heavy atom. The number of carbonyl (C=O) groups excluding carboxylic acids is 1. The number of hydrogen-bond acceptors (Lipinski definition) is 3. The first-order valence-corrected chi connectivity index (χ1v) is 9.52. The number of benzene rings is 3. The monoisotopic (exact) mass is 403 g/mol. The summed E-state index contributed by atoms with van der Waals surface area (Å²) in [5.74, 6) is -0.317. The van der Waals surface area contributed by atoms with Crippen LogP contribution in [-0.4, -0.2) is 15.8 Å². The van der Waals surface area contributed by atoms with Gasteiger partial charge in [0.25, 0.3) is 5.56 Å². The van der Waals surface area contributed by atoms with Gasteiger partial charge < -0.3 is 0 Å². The minimum Gasteiger partial charge on any atom is -0.273 e. The normalized spacial score (nSPS) is 10.8. The number of hydrogen-bond donors (Lipinski definition) is 1. The second-order valence-corrected chi connectivity index (χ2v) is 7.26. The van der Waals surface area contributed by atoms with Gasteiger partial charge in [-0.15, -0.1) is 9.89 Å². The van der Waals surface area contributed by atoms with Crippen LogP contribution < -0.4 is 11.0 Å². The first-order chi connectivity index (χ1) is 14.0. The van der Waals surface area contributed by atoms with Gasteiger partial charge in [-0.3, -0.25) is 9.59 Å². The van der Waals surface area contributed by atoms with Gasteiger partial charge in [-0.2, -0.15) is 0 Å². The molecule has 0 aliphatic carbocycles. The number of carbonyl (C=O) groups is 1.